The van der Waals surface area contributed by atoms with E-state index in [1.54, 1.807) is 22.7 Å². The maximum Gasteiger partial charge on any atom is 0.0831 e. The van der Waals surface area contributed by atoms with Gasteiger partial charge >= 0.3 is 0 Å². The van der Waals surface area contributed by atoms with Gasteiger partial charge in [-0.3, -0.25) is 5.84 Å². The molecule has 3 N–H and O–H groups in total. The minimum atomic E-state index is -0.0557. The van der Waals surface area contributed by atoms with E-state index in [0.717, 1.165) is 9.90 Å². The second-order valence-corrected chi connectivity index (χ2v) is 6.19. The van der Waals surface area contributed by atoms with Crippen LogP contribution >= 0.6 is 34.3 Å². The van der Waals surface area contributed by atoms with E-state index in [0.29, 0.717) is 0 Å². The monoisotopic (exact) mass is 294 g/mol. The summed E-state index contributed by atoms with van der Waals surface area (Å²) in [5.74, 6) is 5.73. The fourth-order valence-corrected chi connectivity index (χ4v) is 4.25. The molecule has 1 unspecified atom stereocenters. The minimum absolute atomic E-state index is 0.0557. The Morgan fingerprint density at radius 2 is 1.94 bits per heavy atom. The predicted octanol–water partition coefficient (Wildman–Crippen LogP) is 4.17. The van der Waals surface area contributed by atoms with Gasteiger partial charge in [0.2, 0.25) is 0 Å². The van der Waals surface area contributed by atoms with Gasteiger partial charge in [0.1, 0.15) is 0 Å². The highest BCUT2D eigenvalue weighted by molar-refractivity contribution is 7.17. The summed E-state index contributed by atoms with van der Waals surface area (Å²) in [6, 6.07) is 10.2. The number of hydrazine groups is 1. The molecule has 0 aliphatic rings. The molecule has 3 aromatic rings. The summed E-state index contributed by atoms with van der Waals surface area (Å²) in [7, 11) is 0. The molecule has 18 heavy (non-hydrogen) atoms. The number of halogens is 1. The molecule has 0 radical (unpaired) electrons. The van der Waals surface area contributed by atoms with Gasteiger partial charge in [0.25, 0.3) is 0 Å². The van der Waals surface area contributed by atoms with Gasteiger partial charge in [-0.15, -0.1) is 22.7 Å². The van der Waals surface area contributed by atoms with Crippen LogP contribution in [0.2, 0.25) is 5.02 Å². The van der Waals surface area contributed by atoms with Crippen LogP contribution in [0.1, 0.15) is 16.5 Å². The molecule has 0 amide bonds. The van der Waals surface area contributed by atoms with Gasteiger partial charge in [-0.25, -0.2) is 5.43 Å². The van der Waals surface area contributed by atoms with Crippen molar-refractivity contribution >= 4 is 44.4 Å². The van der Waals surface area contributed by atoms with E-state index in [9.17, 15) is 0 Å². The predicted molar refractivity (Wildman–Crippen MR) is 80.3 cm³/mol. The molecule has 2 heterocycles. The van der Waals surface area contributed by atoms with Gasteiger partial charge < -0.3 is 0 Å². The Bertz CT molecular complexity index is 674. The van der Waals surface area contributed by atoms with Crippen molar-refractivity contribution in [3.05, 3.63) is 56.6 Å². The second-order valence-electron chi connectivity index (χ2n) is 3.92. The van der Waals surface area contributed by atoms with Crippen molar-refractivity contribution in [2.75, 3.05) is 0 Å². The highest BCUT2D eigenvalue weighted by Gasteiger charge is 2.19. The first-order chi connectivity index (χ1) is 8.81. The third-order valence-corrected chi connectivity index (χ3v) is 5.30. The first-order valence-corrected chi connectivity index (χ1v) is 7.60. The van der Waals surface area contributed by atoms with Gasteiger partial charge in [-0.05, 0) is 33.8 Å². The molecule has 2 nitrogen and oxygen atoms in total. The molecule has 92 valence electrons. The Morgan fingerprint density at radius 3 is 2.67 bits per heavy atom. The van der Waals surface area contributed by atoms with Crippen molar-refractivity contribution in [3.8, 4) is 0 Å². The topological polar surface area (TPSA) is 38.0 Å². The van der Waals surface area contributed by atoms with Gasteiger partial charge in [-0.1, -0.05) is 29.8 Å². The van der Waals surface area contributed by atoms with E-state index in [-0.39, 0.29) is 6.04 Å². The maximum atomic E-state index is 6.21. The zero-order chi connectivity index (χ0) is 12.5. The van der Waals surface area contributed by atoms with Crippen LogP contribution in [-0.2, 0) is 0 Å². The summed E-state index contributed by atoms with van der Waals surface area (Å²) in [6.07, 6.45) is 0. The van der Waals surface area contributed by atoms with Crippen LogP contribution in [0.5, 0.6) is 0 Å². The summed E-state index contributed by atoms with van der Waals surface area (Å²) in [5.41, 5.74) is 4.05. The van der Waals surface area contributed by atoms with E-state index in [4.69, 9.17) is 17.4 Å². The van der Waals surface area contributed by atoms with Crippen LogP contribution in [0.4, 0.5) is 0 Å². The van der Waals surface area contributed by atoms with E-state index >= 15 is 0 Å². The second kappa shape index (κ2) is 4.99. The van der Waals surface area contributed by atoms with E-state index < -0.39 is 0 Å². The summed E-state index contributed by atoms with van der Waals surface area (Å²) >= 11 is 9.55. The Labute approximate surface area is 118 Å². The van der Waals surface area contributed by atoms with Crippen molar-refractivity contribution in [3.63, 3.8) is 0 Å². The fourth-order valence-electron chi connectivity index (χ4n) is 2.06. The van der Waals surface area contributed by atoms with Crippen LogP contribution in [0, 0.1) is 0 Å². The molecule has 1 aromatic carbocycles. The molecule has 2 aromatic heterocycles. The molecule has 0 fully saturated rings. The first kappa shape index (κ1) is 12.1. The quantitative estimate of drug-likeness (QED) is 0.562. The highest BCUT2D eigenvalue weighted by Crippen LogP contribution is 2.37. The lowest BCUT2D eigenvalue weighted by atomic mass is 10.0. The standard InChI is InChI=1S/C13H11ClN2S2/c14-10-5-7-18-13(10)11(16-15)9-3-1-2-8-4-6-17-12(8)9/h1-7,11,16H,15H2. The minimum Gasteiger partial charge on any atom is -0.271 e. The number of hydrogen-bond acceptors (Lipinski definition) is 4. The van der Waals surface area contributed by atoms with Gasteiger partial charge in [0, 0.05) is 9.58 Å². The molecule has 5 heteroatoms. The number of nitrogens with two attached hydrogens (primary N) is 1. The molecule has 0 saturated heterocycles. The lowest BCUT2D eigenvalue weighted by molar-refractivity contribution is 0.651. The van der Waals surface area contributed by atoms with Gasteiger partial charge in [-0.2, -0.15) is 0 Å². The van der Waals surface area contributed by atoms with Gasteiger partial charge in [0.05, 0.1) is 11.1 Å². The first-order valence-electron chi connectivity index (χ1n) is 5.46. The average molecular weight is 295 g/mol. The third-order valence-electron chi connectivity index (χ3n) is 2.89. The molecule has 1 atom stereocenters. The number of thiophene rings is 2. The Hall–Kier alpha value is -0.910. The highest BCUT2D eigenvalue weighted by atomic mass is 35.5. The van der Waals surface area contributed by atoms with Crippen molar-refractivity contribution in [2.24, 2.45) is 5.84 Å². The van der Waals surface area contributed by atoms with Crippen LogP contribution in [-0.4, -0.2) is 0 Å². The van der Waals surface area contributed by atoms with Crippen LogP contribution < -0.4 is 11.3 Å². The number of benzene rings is 1. The number of nitrogens with one attached hydrogen (secondary N) is 1. The molecule has 0 saturated carbocycles. The van der Waals surface area contributed by atoms with E-state index in [1.807, 2.05) is 11.4 Å². The summed E-state index contributed by atoms with van der Waals surface area (Å²) in [5, 5.41) is 6.08. The van der Waals surface area contributed by atoms with Crippen LogP contribution in [0.25, 0.3) is 10.1 Å². The normalized spacial score (nSPS) is 13.0. The van der Waals surface area contributed by atoms with Gasteiger partial charge in [0.15, 0.2) is 0 Å². The molecule has 0 spiro atoms. The van der Waals surface area contributed by atoms with Crippen molar-refractivity contribution in [1.29, 1.82) is 0 Å². The molecule has 0 bridgehead atoms. The lowest BCUT2D eigenvalue weighted by Gasteiger charge is -2.16. The number of fused-ring (bicyclic) bond motifs is 1. The summed E-state index contributed by atoms with van der Waals surface area (Å²) in [4.78, 5) is 1.06. The van der Waals surface area contributed by atoms with Crippen molar-refractivity contribution in [1.82, 2.24) is 5.43 Å². The summed E-state index contributed by atoms with van der Waals surface area (Å²) < 4.78 is 1.25. The fraction of sp³-hybridized carbons (Fsp3) is 0.0769. The summed E-state index contributed by atoms with van der Waals surface area (Å²) in [6.45, 7) is 0. The largest absolute Gasteiger partial charge is 0.271 e. The van der Waals surface area contributed by atoms with Crippen molar-refractivity contribution in [2.45, 2.75) is 6.04 Å². The van der Waals surface area contributed by atoms with Crippen LogP contribution in [0.15, 0.2) is 41.1 Å². The maximum absolute atomic E-state index is 6.21. The lowest BCUT2D eigenvalue weighted by Crippen LogP contribution is -2.28. The van der Waals surface area contributed by atoms with E-state index in [2.05, 4.69) is 35.1 Å². The van der Waals surface area contributed by atoms with E-state index in [1.165, 1.54) is 15.6 Å². The molecule has 0 aliphatic carbocycles. The molecule has 0 aliphatic heterocycles. The third kappa shape index (κ3) is 1.96. The Balaban J connectivity index is 2.17. The number of rotatable bonds is 3. The molecular formula is C13H11ClN2S2. The zero-order valence-corrected chi connectivity index (χ0v) is 11.8. The Morgan fingerprint density at radius 1 is 1.11 bits per heavy atom. The smallest absolute Gasteiger partial charge is 0.0831 e. The zero-order valence-electron chi connectivity index (χ0n) is 9.39. The van der Waals surface area contributed by atoms with Crippen LogP contribution in [0.3, 0.4) is 0 Å². The Kier molecular flexibility index (Phi) is 3.37. The van der Waals surface area contributed by atoms with Crippen molar-refractivity contribution < 1.29 is 0 Å². The SMILES string of the molecule is NNC(c1sccc1Cl)c1cccc2ccsc12. The molecule has 3 rings (SSSR count). The molecular weight excluding hydrogens is 284 g/mol. The number of hydrogen-bond donors (Lipinski definition) is 2. The average Bonchev–Trinajstić information content (AvgIpc) is 3.00.